The first kappa shape index (κ1) is 19.9. The van der Waals surface area contributed by atoms with Gasteiger partial charge in [-0.15, -0.1) is 0 Å². The molecule has 0 aromatic carbocycles. The van der Waals surface area contributed by atoms with E-state index in [1.54, 1.807) is 13.0 Å². The molecular formula is C17H22N4O7. The van der Waals surface area contributed by atoms with Gasteiger partial charge in [0.15, 0.2) is 11.3 Å². The van der Waals surface area contributed by atoms with Crippen LogP contribution in [0.2, 0.25) is 0 Å². The van der Waals surface area contributed by atoms with Crippen molar-refractivity contribution in [1.82, 2.24) is 9.38 Å². The molecule has 1 fully saturated rings. The minimum atomic E-state index is -1.36. The van der Waals surface area contributed by atoms with Crippen LogP contribution in [0.4, 0.5) is 11.4 Å². The SMILES string of the molecule is CCOC(O)Nc1cc(N2CCOCC2)cn2c(=O)c(O)c(C(=O)OC)nc12. The quantitative estimate of drug-likeness (QED) is 0.444. The molecule has 0 radical (unpaired) electrons. The number of aliphatic hydroxyl groups is 1. The van der Waals surface area contributed by atoms with Gasteiger partial charge >= 0.3 is 11.5 Å². The van der Waals surface area contributed by atoms with Crippen molar-refractivity contribution in [2.24, 2.45) is 0 Å². The zero-order valence-electron chi connectivity index (χ0n) is 15.5. The maximum Gasteiger partial charge on any atom is 0.360 e. The summed E-state index contributed by atoms with van der Waals surface area (Å²) in [6.07, 6.45) is 0.149. The number of aliphatic hydroxyl groups excluding tert-OH is 1. The molecule has 1 saturated heterocycles. The van der Waals surface area contributed by atoms with E-state index in [0.29, 0.717) is 32.0 Å². The highest BCUT2D eigenvalue weighted by molar-refractivity contribution is 5.91. The first-order valence-electron chi connectivity index (χ1n) is 8.72. The molecule has 152 valence electrons. The number of anilines is 2. The maximum absolute atomic E-state index is 12.7. The normalized spacial score (nSPS) is 15.5. The predicted octanol–water partition coefficient (Wildman–Crippen LogP) is -0.252. The van der Waals surface area contributed by atoms with Crippen LogP contribution in [-0.4, -0.2) is 72.0 Å². The molecule has 1 aliphatic heterocycles. The average Bonchev–Trinajstić information content (AvgIpc) is 2.71. The standard InChI is InChI=1S/C17H22N4O7/c1-3-28-17(25)18-11-8-10(20-4-6-27-7-5-20)9-21-14(11)19-12(16(24)26-2)13(22)15(21)23/h8-9,17-18,22,25H,3-7H2,1-2H3. The Morgan fingerprint density at radius 2 is 2.14 bits per heavy atom. The summed E-state index contributed by atoms with van der Waals surface area (Å²) < 4.78 is 16.1. The van der Waals surface area contributed by atoms with Crippen molar-refractivity contribution in [2.45, 2.75) is 13.3 Å². The highest BCUT2D eigenvalue weighted by atomic mass is 16.6. The number of pyridine rings is 1. The highest BCUT2D eigenvalue weighted by Gasteiger charge is 2.23. The number of carbonyl (C=O) groups excluding carboxylic acids is 1. The maximum atomic E-state index is 12.7. The first-order valence-corrected chi connectivity index (χ1v) is 8.72. The fourth-order valence-electron chi connectivity index (χ4n) is 2.89. The predicted molar refractivity (Wildman–Crippen MR) is 98.8 cm³/mol. The van der Waals surface area contributed by atoms with E-state index in [9.17, 15) is 19.8 Å². The van der Waals surface area contributed by atoms with Gasteiger partial charge in [0, 0.05) is 25.9 Å². The molecule has 0 spiro atoms. The first-order chi connectivity index (χ1) is 13.5. The van der Waals surface area contributed by atoms with Crippen LogP contribution >= 0.6 is 0 Å². The number of fused-ring (bicyclic) bond motifs is 1. The van der Waals surface area contributed by atoms with Crippen LogP contribution < -0.4 is 15.8 Å². The summed E-state index contributed by atoms with van der Waals surface area (Å²) in [4.78, 5) is 30.6. The molecule has 11 nitrogen and oxygen atoms in total. The number of esters is 1. The van der Waals surface area contributed by atoms with Crippen LogP contribution in [-0.2, 0) is 14.2 Å². The smallest absolute Gasteiger partial charge is 0.360 e. The lowest BCUT2D eigenvalue weighted by atomic mass is 10.2. The summed E-state index contributed by atoms with van der Waals surface area (Å²) in [5.74, 6) is -1.77. The molecule has 0 aliphatic carbocycles. The Labute approximate surface area is 160 Å². The molecule has 0 amide bonds. The lowest BCUT2D eigenvalue weighted by Crippen LogP contribution is -2.37. The molecular weight excluding hydrogens is 372 g/mol. The van der Waals surface area contributed by atoms with Crippen LogP contribution in [0.1, 0.15) is 17.4 Å². The number of nitrogens with zero attached hydrogens (tertiary/aromatic N) is 3. The van der Waals surface area contributed by atoms with Crippen molar-refractivity contribution in [2.75, 3.05) is 50.2 Å². The Bertz CT molecular complexity index is 924. The molecule has 3 N–H and O–H groups in total. The van der Waals surface area contributed by atoms with E-state index in [0.717, 1.165) is 11.5 Å². The molecule has 3 rings (SSSR count). The number of hydrogen-bond acceptors (Lipinski definition) is 10. The van der Waals surface area contributed by atoms with Gasteiger partial charge in [-0.25, -0.2) is 9.78 Å². The van der Waals surface area contributed by atoms with Crippen LogP contribution in [0.25, 0.3) is 5.65 Å². The van der Waals surface area contributed by atoms with Gasteiger partial charge in [0.25, 0.3) is 0 Å². The van der Waals surface area contributed by atoms with Gasteiger partial charge in [0.2, 0.25) is 12.2 Å². The minimum Gasteiger partial charge on any atom is -0.501 e. The number of aromatic nitrogens is 2. The van der Waals surface area contributed by atoms with E-state index in [1.165, 1.54) is 6.20 Å². The number of methoxy groups -OCH3 is 1. The van der Waals surface area contributed by atoms with Crippen LogP contribution in [0.5, 0.6) is 5.75 Å². The summed E-state index contributed by atoms with van der Waals surface area (Å²) >= 11 is 0. The van der Waals surface area contributed by atoms with Crippen LogP contribution in [0.15, 0.2) is 17.1 Å². The molecule has 11 heteroatoms. The van der Waals surface area contributed by atoms with E-state index >= 15 is 0 Å². The second-order valence-corrected chi connectivity index (χ2v) is 5.96. The fraction of sp³-hybridized carbons (Fsp3) is 0.471. The molecule has 2 aromatic rings. The summed E-state index contributed by atoms with van der Waals surface area (Å²) in [5, 5.41) is 22.8. The Kier molecular flexibility index (Phi) is 5.97. The highest BCUT2D eigenvalue weighted by Crippen LogP contribution is 2.26. The Balaban J connectivity index is 2.19. The number of rotatable bonds is 6. The number of morpholine rings is 1. The second-order valence-electron chi connectivity index (χ2n) is 5.96. The van der Waals surface area contributed by atoms with Crippen molar-refractivity contribution in [3.8, 4) is 5.75 Å². The van der Waals surface area contributed by atoms with Crippen molar-refractivity contribution >= 4 is 23.0 Å². The number of nitrogens with one attached hydrogen (secondary N) is 1. The Morgan fingerprint density at radius 3 is 2.79 bits per heavy atom. The third-order valence-corrected chi connectivity index (χ3v) is 4.24. The van der Waals surface area contributed by atoms with Crippen molar-refractivity contribution in [3.63, 3.8) is 0 Å². The number of ether oxygens (including phenoxy) is 3. The van der Waals surface area contributed by atoms with Gasteiger partial charge in [0.05, 0.1) is 31.7 Å². The van der Waals surface area contributed by atoms with Crippen molar-refractivity contribution in [1.29, 1.82) is 0 Å². The molecule has 1 unspecified atom stereocenters. The zero-order chi connectivity index (χ0) is 20.3. The molecule has 28 heavy (non-hydrogen) atoms. The van der Waals surface area contributed by atoms with Crippen molar-refractivity contribution < 1.29 is 29.2 Å². The number of hydrogen-bond donors (Lipinski definition) is 3. The molecule has 1 aliphatic rings. The second kappa shape index (κ2) is 8.42. The third-order valence-electron chi connectivity index (χ3n) is 4.24. The van der Waals surface area contributed by atoms with E-state index in [-0.39, 0.29) is 17.9 Å². The topological polar surface area (TPSA) is 135 Å². The van der Waals surface area contributed by atoms with Gasteiger partial charge < -0.3 is 34.6 Å². The monoisotopic (exact) mass is 394 g/mol. The summed E-state index contributed by atoms with van der Waals surface area (Å²) in [5.41, 5.74) is -0.433. The molecule has 1 atom stereocenters. The van der Waals surface area contributed by atoms with Gasteiger partial charge in [-0.05, 0) is 13.0 Å². The Hall–Kier alpha value is -2.89. The largest absolute Gasteiger partial charge is 0.501 e. The minimum absolute atomic E-state index is 0.0268. The van der Waals surface area contributed by atoms with Crippen LogP contribution in [0.3, 0.4) is 0 Å². The van der Waals surface area contributed by atoms with Crippen LogP contribution in [0, 0.1) is 0 Å². The van der Waals surface area contributed by atoms with E-state index in [1.807, 2.05) is 4.90 Å². The fourth-order valence-corrected chi connectivity index (χ4v) is 2.89. The lowest BCUT2D eigenvalue weighted by molar-refractivity contribution is -0.0730. The van der Waals surface area contributed by atoms with E-state index in [2.05, 4.69) is 15.0 Å². The van der Waals surface area contributed by atoms with Gasteiger partial charge in [-0.2, -0.15) is 0 Å². The lowest BCUT2D eigenvalue weighted by Gasteiger charge is -2.29. The van der Waals surface area contributed by atoms with Gasteiger partial charge in [0.1, 0.15) is 0 Å². The zero-order valence-corrected chi connectivity index (χ0v) is 15.5. The molecule has 2 aromatic heterocycles. The number of carbonyl (C=O) groups is 1. The summed E-state index contributed by atoms with van der Waals surface area (Å²) in [6, 6.07) is 1.67. The average molecular weight is 394 g/mol. The van der Waals surface area contributed by atoms with E-state index in [4.69, 9.17) is 9.47 Å². The number of aromatic hydroxyl groups is 1. The molecule has 0 saturated carbocycles. The summed E-state index contributed by atoms with van der Waals surface area (Å²) in [6.45, 7) is 4.23. The molecule has 0 bridgehead atoms. The molecule has 3 heterocycles. The van der Waals surface area contributed by atoms with Gasteiger partial charge in [-0.1, -0.05) is 0 Å². The third kappa shape index (κ3) is 3.86. The van der Waals surface area contributed by atoms with E-state index < -0.39 is 29.4 Å². The van der Waals surface area contributed by atoms with Crippen molar-refractivity contribution in [3.05, 3.63) is 28.3 Å². The van der Waals surface area contributed by atoms with Gasteiger partial charge in [-0.3, -0.25) is 9.20 Å². The summed E-state index contributed by atoms with van der Waals surface area (Å²) in [7, 11) is 1.12. The Morgan fingerprint density at radius 1 is 1.43 bits per heavy atom.